The van der Waals surface area contributed by atoms with Gasteiger partial charge in [-0.3, -0.25) is 9.69 Å². The number of carbonyl (C=O) groups is 1. The highest BCUT2D eigenvalue weighted by Crippen LogP contribution is 2.28. The number of benzene rings is 1. The molecule has 2 aliphatic rings. The van der Waals surface area contributed by atoms with E-state index in [0.717, 1.165) is 64.2 Å². The van der Waals surface area contributed by atoms with Crippen LogP contribution in [0.3, 0.4) is 0 Å². The van der Waals surface area contributed by atoms with Gasteiger partial charge in [0.15, 0.2) is 17.5 Å². The minimum absolute atomic E-state index is 0.121. The van der Waals surface area contributed by atoms with Gasteiger partial charge in [0, 0.05) is 52.4 Å². The number of halogens is 3. The second kappa shape index (κ2) is 11.7. The molecule has 1 amide bonds. The quantitative estimate of drug-likeness (QED) is 0.469. The van der Waals surface area contributed by atoms with E-state index in [0.29, 0.717) is 38.1 Å². The fourth-order valence-corrected chi connectivity index (χ4v) is 4.61. The number of nitrogens with one attached hydrogen (secondary N) is 1. The van der Waals surface area contributed by atoms with Gasteiger partial charge in [0.2, 0.25) is 5.91 Å². The smallest absolute Gasteiger partial charge is 0.220 e. The summed E-state index contributed by atoms with van der Waals surface area (Å²) in [6.45, 7) is 4.38. The van der Waals surface area contributed by atoms with Crippen molar-refractivity contribution in [2.75, 3.05) is 51.3 Å². The first-order valence-electron chi connectivity index (χ1n) is 11.4. The van der Waals surface area contributed by atoms with Gasteiger partial charge in [-0.05, 0) is 63.1 Å². The number of carbonyl (C=O) groups excluding carboxylic acids is 1. The molecule has 1 heterocycles. The minimum atomic E-state index is -1.40. The molecule has 1 saturated heterocycles. The van der Waals surface area contributed by atoms with Crippen molar-refractivity contribution >= 4 is 11.6 Å². The molecule has 174 valence electrons. The van der Waals surface area contributed by atoms with Gasteiger partial charge < -0.3 is 15.0 Å². The van der Waals surface area contributed by atoms with Crippen LogP contribution in [-0.2, 0) is 9.53 Å². The summed E-state index contributed by atoms with van der Waals surface area (Å²) in [6, 6.07) is 2.59. The van der Waals surface area contributed by atoms with E-state index in [9.17, 15) is 18.0 Å². The van der Waals surface area contributed by atoms with Gasteiger partial charge in [0.1, 0.15) is 0 Å². The van der Waals surface area contributed by atoms with Crippen LogP contribution in [0.2, 0.25) is 0 Å². The lowest BCUT2D eigenvalue weighted by atomic mass is 9.84. The summed E-state index contributed by atoms with van der Waals surface area (Å²) >= 11 is 0. The highest BCUT2D eigenvalue weighted by Gasteiger charge is 2.25. The average Bonchev–Trinajstić information content (AvgIpc) is 2.78. The Balaban J connectivity index is 1.33. The van der Waals surface area contributed by atoms with Crippen molar-refractivity contribution < 1.29 is 22.7 Å². The van der Waals surface area contributed by atoms with Crippen LogP contribution < -0.4 is 10.2 Å². The van der Waals surface area contributed by atoms with Gasteiger partial charge in [0.25, 0.3) is 0 Å². The van der Waals surface area contributed by atoms with Gasteiger partial charge in [-0.15, -0.1) is 0 Å². The van der Waals surface area contributed by atoms with Gasteiger partial charge >= 0.3 is 0 Å². The van der Waals surface area contributed by atoms with Crippen LogP contribution in [0.1, 0.15) is 44.9 Å². The summed E-state index contributed by atoms with van der Waals surface area (Å²) in [4.78, 5) is 16.1. The first-order chi connectivity index (χ1) is 15.0. The van der Waals surface area contributed by atoms with E-state index in [1.165, 1.54) is 6.07 Å². The second-order valence-corrected chi connectivity index (χ2v) is 8.69. The molecule has 0 aromatic heterocycles. The number of rotatable bonds is 9. The second-order valence-electron chi connectivity index (χ2n) is 8.69. The van der Waals surface area contributed by atoms with Crippen LogP contribution in [0, 0.1) is 23.4 Å². The van der Waals surface area contributed by atoms with Gasteiger partial charge in [-0.2, -0.15) is 0 Å². The van der Waals surface area contributed by atoms with Crippen LogP contribution in [0.15, 0.2) is 12.1 Å². The Morgan fingerprint density at radius 3 is 2.45 bits per heavy atom. The summed E-state index contributed by atoms with van der Waals surface area (Å²) in [7, 11) is 1.64. The van der Waals surface area contributed by atoms with Crippen LogP contribution >= 0.6 is 0 Å². The third kappa shape index (κ3) is 6.84. The van der Waals surface area contributed by atoms with Gasteiger partial charge in [0.05, 0.1) is 5.69 Å². The van der Waals surface area contributed by atoms with Crippen LogP contribution in [0.4, 0.5) is 18.9 Å². The summed E-state index contributed by atoms with van der Waals surface area (Å²) in [5, 5.41) is 3.14. The Labute approximate surface area is 182 Å². The molecule has 8 heteroatoms. The number of piperazine rings is 1. The monoisotopic (exact) mass is 441 g/mol. The lowest BCUT2D eigenvalue weighted by molar-refractivity contribution is -0.122. The number of hydrogen-bond donors (Lipinski definition) is 1. The molecule has 1 N–H and O–H groups in total. The normalized spacial score (nSPS) is 22.5. The zero-order valence-electron chi connectivity index (χ0n) is 18.3. The first-order valence-corrected chi connectivity index (χ1v) is 11.4. The molecule has 1 aliphatic heterocycles. The van der Waals surface area contributed by atoms with Crippen molar-refractivity contribution in [3.05, 3.63) is 29.6 Å². The molecule has 5 nitrogen and oxygen atoms in total. The van der Waals surface area contributed by atoms with Crippen molar-refractivity contribution in [1.29, 1.82) is 0 Å². The molecule has 1 aromatic carbocycles. The van der Waals surface area contributed by atoms with E-state index in [2.05, 4.69) is 10.2 Å². The fraction of sp³-hybridized carbons (Fsp3) is 0.696. The zero-order valence-corrected chi connectivity index (χ0v) is 18.3. The predicted molar refractivity (Wildman–Crippen MR) is 115 cm³/mol. The maximum Gasteiger partial charge on any atom is 0.220 e. The van der Waals surface area contributed by atoms with Gasteiger partial charge in [-0.25, -0.2) is 13.2 Å². The molecule has 1 saturated carbocycles. The van der Waals surface area contributed by atoms with Gasteiger partial charge in [-0.1, -0.05) is 0 Å². The topological polar surface area (TPSA) is 44.8 Å². The van der Waals surface area contributed by atoms with Crippen LogP contribution in [0.5, 0.6) is 0 Å². The lowest BCUT2D eigenvalue weighted by Crippen LogP contribution is -2.47. The minimum Gasteiger partial charge on any atom is -0.385 e. The Hall–Kier alpha value is -1.80. The number of methoxy groups -OCH3 is 1. The molecule has 1 aliphatic carbocycles. The van der Waals surface area contributed by atoms with Crippen LogP contribution in [-0.4, -0.2) is 63.3 Å². The lowest BCUT2D eigenvalue weighted by Gasteiger charge is -2.37. The number of hydrogen-bond acceptors (Lipinski definition) is 4. The summed E-state index contributed by atoms with van der Waals surface area (Å²) in [6.07, 6.45) is 6.72. The molecular weight excluding hydrogens is 407 g/mol. The molecule has 0 atom stereocenters. The molecular formula is C23H34F3N3O2. The van der Waals surface area contributed by atoms with E-state index >= 15 is 0 Å². The summed E-state index contributed by atoms with van der Waals surface area (Å²) < 4.78 is 45.7. The SMILES string of the molecule is COCCCC(=O)NC1CCC(CCN2CCN(c3ccc(F)c(F)c3F)CC2)CC1. The van der Waals surface area contributed by atoms with E-state index in [1.54, 1.807) is 12.0 Å². The third-order valence-electron chi connectivity index (χ3n) is 6.55. The zero-order chi connectivity index (χ0) is 22.2. The first kappa shape index (κ1) is 23.9. The number of anilines is 1. The predicted octanol–water partition coefficient (Wildman–Crippen LogP) is 3.72. The maximum absolute atomic E-state index is 14.0. The molecule has 0 spiro atoms. The maximum atomic E-state index is 14.0. The summed E-state index contributed by atoms with van der Waals surface area (Å²) in [5.74, 6) is -2.86. The molecule has 0 radical (unpaired) electrons. The molecule has 1 aromatic rings. The van der Waals surface area contributed by atoms with Crippen molar-refractivity contribution in [3.8, 4) is 0 Å². The molecule has 31 heavy (non-hydrogen) atoms. The highest BCUT2D eigenvalue weighted by molar-refractivity contribution is 5.76. The largest absolute Gasteiger partial charge is 0.385 e. The van der Waals surface area contributed by atoms with Crippen molar-refractivity contribution in [3.63, 3.8) is 0 Å². The van der Waals surface area contributed by atoms with Crippen LogP contribution in [0.25, 0.3) is 0 Å². The Kier molecular flexibility index (Phi) is 9.02. The van der Waals surface area contributed by atoms with Crippen molar-refractivity contribution in [2.24, 2.45) is 5.92 Å². The molecule has 3 rings (SSSR count). The fourth-order valence-electron chi connectivity index (χ4n) is 4.61. The average molecular weight is 442 g/mol. The van der Waals surface area contributed by atoms with Crippen molar-refractivity contribution in [1.82, 2.24) is 10.2 Å². The molecule has 0 unspecified atom stereocenters. The number of ether oxygens (including phenoxy) is 1. The summed E-state index contributed by atoms with van der Waals surface area (Å²) in [5.41, 5.74) is 0.140. The van der Waals surface area contributed by atoms with E-state index < -0.39 is 17.5 Å². The van der Waals surface area contributed by atoms with E-state index in [-0.39, 0.29) is 11.6 Å². The van der Waals surface area contributed by atoms with E-state index in [1.807, 2.05) is 0 Å². The van der Waals surface area contributed by atoms with Crippen molar-refractivity contribution in [2.45, 2.75) is 51.0 Å². The standard InChI is InChI=1S/C23H34F3N3O2/c1-31-16-2-3-21(30)27-18-6-4-17(5-7-18)10-11-28-12-14-29(15-13-28)20-9-8-19(24)22(25)23(20)26/h8-9,17-18H,2-7,10-16H2,1H3,(H,27,30). The molecule has 0 bridgehead atoms. The highest BCUT2D eigenvalue weighted by atomic mass is 19.2. The molecule has 2 fully saturated rings. The Bertz CT molecular complexity index is 718. The Morgan fingerprint density at radius 2 is 1.77 bits per heavy atom. The third-order valence-corrected chi connectivity index (χ3v) is 6.55. The van der Waals surface area contributed by atoms with E-state index in [4.69, 9.17) is 4.74 Å². The number of amides is 1. The number of nitrogens with zero attached hydrogens (tertiary/aromatic N) is 2. The Morgan fingerprint density at radius 1 is 1.06 bits per heavy atom.